The summed E-state index contributed by atoms with van der Waals surface area (Å²) in [6, 6.07) is 45.1. The maximum atomic E-state index is 11.0. The fourth-order valence-corrected chi connectivity index (χ4v) is 4.19. The molecule has 40 heavy (non-hydrogen) atoms. The molecule has 1 N–H and O–H groups in total. The number of carbonyl (C=O) groups is 1. The monoisotopic (exact) mass is 520 g/mol. The van der Waals surface area contributed by atoms with Gasteiger partial charge in [0.1, 0.15) is 11.6 Å². The summed E-state index contributed by atoms with van der Waals surface area (Å²) in [5.41, 5.74) is 6.93. The molecule has 0 unspecified atom stereocenters. The van der Waals surface area contributed by atoms with E-state index in [0.717, 1.165) is 39.6 Å². The summed E-state index contributed by atoms with van der Waals surface area (Å²) in [5.74, 6) is -1.24. The topological polar surface area (TPSA) is 89.0 Å². The van der Waals surface area contributed by atoms with Gasteiger partial charge in [-0.05, 0) is 83.4 Å². The Morgan fingerprint density at radius 3 is 1.50 bits per heavy atom. The van der Waals surface area contributed by atoms with E-state index >= 15 is 0 Å². The molecule has 0 saturated carbocycles. The van der Waals surface area contributed by atoms with Gasteiger partial charge in [0, 0.05) is 17.1 Å². The molecule has 192 valence electrons. The van der Waals surface area contributed by atoms with Crippen molar-refractivity contribution in [3.63, 3.8) is 0 Å². The van der Waals surface area contributed by atoms with Crippen LogP contribution in [0.1, 0.15) is 5.56 Å². The van der Waals surface area contributed by atoms with Crippen LogP contribution in [0, 0.1) is 11.3 Å². The molecule has 0 amide bonds. The Balaban J connectivity index is 1.29. The number of carboxylic acids is 1. The Kier molecular flexibility index (Phi) is 7.85. The van der Waals surface area contributed by atoms with Crippen LogP contribution in [0.25, 0.3) is 17.2 Å². The van der Waals surface area contributed by atoms with E-state index in [1.807, 2.05) is 97.1 Å². The highest BCUT2D eigenvalue weighted by Gasteiger charge is 2.11. The van der Waals surface area contributed by atoms with E-state index in [4.69, 9.17) is 10.4 Å². The summed E-state index contributed by atoms with van der Waals surface area (Å²) in [7, 11) is 0. The number of nitriles is 1. The van der Waals surface area contributed by atoms with Gasteiger partial charge in [-0.25, -0.2) is 4.79 Å². The lowest BCUT2D eigenvalue weighted by molar-refractivity contribution is -0.132. The molecule has 6 nitrogen and oxygen atoms in total. The molecule has 0 aromatic heterocycles. The third kappa shape index (κ3) is 6.18. The summed E-state index contributed by atoms with van der Waals surface area (Å²) in [6.45, 7) is 0. The Hall–Kier alpha value is -5.80. The van der Waals surface area contributed by atoms with Crippen LogP contribution in [0.15, 0.2) is 149 Å². The first-order valence-electron chi connectivity index (χ1n) is 12.6. The van der Waals surface area contributed by atoms with Crippen LogP contribution in [0.2, 0.25) is 0 Å². The third-order valence-electron chi connectivity index (χ3n) is 6.19. The molecule has 0 saturated heterocycles. The van der Waals surface area contributed by atoms with Gasteiger partial charge in [0.05, 0.1) is 11.4 Å². The van der Waals surface area contributed by atoms with Crippen LogP contribution in [0.3, 0.4) is 0 Å². The van der Waals surface area contributed by atoms with Crippen molar-refractivity contribution < 1.29 is 9.90 Å². The van der Waals surface area contributed by atoms with Gasteiger partial charge in [-0.15, -0.1) is 0 Å². The fraction of sp³-hybridized carbons (Fsp3) is 0. The van der Waals surface area contributed by atoms with Gasteiger partial charge in [0.25, 0.3) is 0 Å². The second-order valence-corrected chi connectivity index (χ2v) is 8.87. The Morgan fingerprint density at radius 2 is 1.05 bits per heavy atom. The molecule has 0 radical (unpaired) electrons. The van der Waals surface area contributed by atoms with Gasteiger partial charge < -0.3 is 10.0 Å². The van der Waals surface area contributed by atoms with Crippen LogP contribution < -0.4 is 4.90 Å². The predicted molar refractivity (Wildman–Crippen MR) is 158 cm³/mol. The van der Waals surface area contributed by atoms with Crippen LogP contribution in [0.5, 0.6) is 0 Å². The molecule has 0 aliphatic carbocycles. The molecule has 5 aromatic carbocycles. The molecule has 5 aromatic rings. The number of aliphatic carboxylic acids is 1. The molecule has 5 rings (SSSR count). The van der Waals surface area contributed by atoms with Gasteiger partial charge in [0.15, 0.2) is 0 Å². The van der Waals surface area contributed by atoms with E-state index in [0.29, 0.717) is 5.56 Å². The maximum Gasteiger partial charge on any atom is 0.346 e. The average Bonchev–Trinajstić information content (AvgIpc) is 3.01. The normalized spacial score (nSPS) is 11.2. The van der Waals surface area contributed by atoms with Gasteiger partial charge in [-0.3, -0.25) is 0 Å². The Bertz CT molecular complexity index is 1650. The molecule has 6 heteroatoms. The first-order valence-corrected chi connectivity index (χ1v) is 12.6. The quantitative estimate of drug-likeness (QED) is 0.125. The van der Waals surface area contributed by atoms with E-state index in [1.54, 1.807) is 18.2 Å². The number of anilines is 3. The fourth-order valence-electron chi connectivity index (χ4n) is 4.19. The molecule has 0 atom stereocenters. The minimum absolute atomic E-state index is 0.304. The molecular weight excluding hydrogens is 496 g/mol. The van der Waals surface area contributed by atoms with Crippen LogP contribution in [0.4, 0.5) is 28.4 Å². The number of azo groups is 1. The minimum Gasteiger partial charge on any atom is -0.477 e. The zero-order valence-corrected chi connectivity index (χ0v) is 21.4. The lowest BCUT2D eigenvalue weighted by Gasteiger charge is -2.25. The highest BCUT2D eigenvalue weighted by Crippen LogP contribution is 2.35. The number of hydrogen-bond acceptors (Lipinski definition) is 5. The number of hydrogen-bond donors (Lipinski definition) is 1. The van der Waals surface area contributed by atoms with Crippen molar-refractivity contribution >= 4 is 40.5 Å². The Labute approximate surface area is 232 Å². The van der Waals surface area contributed by atoms with Crippen LogP contribution in [-0.2, 0) is 4.79 Å². The number of carboxylic acid groups (broad SMARTS) is 1. The van der Waals surface area contributed by atoms with Gasteiger partial charge in [-0.2, -0.15) is 15.5 Å². The van der Waals surface area contributed by atoms with Crippen molar-refractivity contribution in [2.24, 2.45) is 10.2 Å². The molecule has 0 aliphatic heterocycles. The van der Waals surface area contributed by atoms with Crippen molar-refractivity contribution in [2.75, 3.05) is 4.90 Å². The molecule has 0 fully saturated rings. The van der Waals surface area contributed by atoms with Crippen LogP contribution in [-0.4, -0.2) is 11.1 Å². The van der Waals surface area contributed by atoms with E-state index in [9.17, 15) is 4.79 Å². The number of nitrogens with zero attached hydrogens (tertiary/aromatic N) is 4. The predicted octanol–water partition coefficient (Wildman–Crippen LogP) is 9.23. The highest BCUT2D eigenvalue weighted by molar-refractivity contribution is 5.96. The zero-order chi connectivity index (χ0) is 27.7. The lowest BCUT2D eigenvalue weighted by Crippen LogP contribution is -2.09. The van der Waals surface area contributed by atoms with Gasteiger partial charge in [0.2, 0.25) is 0 Å². The van der Waals surface area contributed by atoms with Crippen LogP contribution >= 0.6 is 0 Å². The maximum absolute atomic E-state index is 11.0. The highest BCUT2D eigenvalue weighted by atomic mass is 16.4. The molecule has 0 bridgehead atoms. The molecule has 0 spiro atoms. The summed E-state index contributed by atoms with van der Waals surface area (Å²) in [5, 5.41) is 26.8. The summed E-state index contributed by atoms with van der Waals surface area (Å²) < 4.78 is 0. The molecular formula is C34H24N4O2. The number of rotatable bonds is 8. The summed E-state index contributed by atoms with van der Waals surface area (Å²) in [6.07, 6.45) is 1.35. The first-order chi connectivity index (χ1) is 19.6. The second-order valence-electron chi connectivity index (χ2n) is 8.87. The summed E-state index contributed by atoms with van der Waals surface area (Å²) >= 11 is 0. The average molecular weight is 521 g/mol. The lowest BCUT2D eigenvalue weighted by atomic mass is 10.0. The van der Waals surface area contributed by atoms with Crippen molar-refractivity contribution in [1.29, 1.82) is 5.26 Å². The first kappa shape index (κ1) is 25.8. The van der Waals surface area contributed by atoms with E-state index in [2.05, 4.69) is 39.4 Å². The van der Waals surface area contributed by atoms with Gasteiger partial charge >= 0.3 is 5.97 Å². The minimum atomic E-state index is -1.24. The Morgan fingerprint density at radius 1 is 0.625 bits per heavy atom. The van der Waals surface area contributed by atoms with Crippen molar-refractivity contribution in [2.45, 2.75) is 0 Å². The molecule has 0 heterocycles. The number of para-hydroxylation sites is 2. The van der Waals surface area contributed by atoms with E-state index < -0.39 is 5.97 Å². The second kappa shape index (κ2) is 12.2. The van der Waals surface area contributed by atoms with Crippen molar-refractivity contribution in [3.8, 4) is 17.2 Å². The zero-order valence-electron chi connectivity index (χ0n) is 21.4. The van der Waals surface area contributed by atoms with E-state index in [1.165, 1.54) is 6.08 Å². The van der Waals surface area contributed by atoms with E-state index in [-0.39, 0.29) is 5.57 Å². The molecule has 0 aliphatic rings. The van der Waals surface area contributed by atoms with Crippen molar-refractivity contribution in [3.05, 3.63) is 145 Å². The van der Waals surface area contributed by atoms with Crippen molar-refractivity contribution in [1.82, 2.24) is 0 Å². The standard InChI is InChI=1S/C34H24N4O2/c35-24-28(34(39)40)23-25-11-13-26(14-12-25)27-15-17-29(18-16-27)36-37-30-19-21-33(22-20-30)38(31-7-3-1-4-8-31)32-9-5-2-6-10-32/h1-23H,(H,39,40)/b28-23+,37-36?. The summed E-state index contributed by atoms with van der Waals surface area (Å²) in [4.78, 5) is 13.2. The van der Waals surface area contributed by atoms with Gasteiger partial charge in [-0.1, -0.05) is 72.8 Å². The largest absolute Gasteiger partial charge is 0.477 e. The SMILES string of the molecule is N#C/C(=C\c1ccc(-c2ccc(N=Nc3ccc(N(c4ccccc4)c4ccccc4)cc3)cc2)cc1)C(=O)O. The number of benzene rings is 5. The third-order valence-corrected chi connectivity index (χ3v) is 6.19. The smallest absolute Gasteiger partial charge is 0.346 e.